The van der Waals surface area contributed by atoms with E-state index in [1.807, 2.05) is 50.2 Å². The Hall–Kier alpha value is -2.44. The summed E-state index contributed by atoms with van der Waals surface area (Å²) in [7, 11) is 0. The zero-order valence-electron chi connectivity index (χ0n) is 17.0. The molecule has 2 heterocycles. The van der Waals surface area contributed by atoms with Gasteiger partial charge in [0.15, 0.2) is 0 Å². The molecule has 1 aromatic carbocycles. The zero-order valence-corrected chi connectivity index (χ0v) is 17.0. The van der Waals surface area contributed by atoms with E-state index in [0.29, 0.717) is 5.69 Å². The van der Waals surface area contributed by atoms with Crippen LogP contribution in [-0.2, 0) is 11.3 Å². The lowest BCUT2D eigenvalue weighted by Crippen LogP contribution is -2.36. The number of pyridine rings is 1. The van der Waals surface area contributed by atoms with Crippen LogP contribution in [0.15, 0.2) is 59.4 Å². The van der Waals surface area contributed by atoms with E-state index in [1.165, 1.54) is 36.6 Å². The lowest BCUT2D eigenvalue weighted by Gasteiger charge is -2.24. The van der Waals surface area contributed by atoms with Gasteiger partial charge < -0.3 is 19.7 Å². The van der Waals surface area contributed by atoms with Gasteiger partial charge in [-0.15, -0.1) is 0 Å². The standard InChI is InChI=1S/C8H9NO3.C8H17NO.C6H6/c1-6-3-2-4-7(10)9(6)5-8(11)12;1-8(2,10)7-9-5-3-4-6-9;1-2-4-6-5-3-1/h2-4H,5H2,1H3,(H,11,12);10H,3-7H2,1-2H3;1-6H. The van der Waals surface area contributed by atoms with Crippen molar-refractivity contribution >= 4 is 5.97 Å². The summed E-state index contributed by atoms with van der Waals surface area (Å²) in [6.07, 6.45) is 2.60. The monoisotopic (exact) mass is 388 g/mol. The Balaban J connectivity index is 0.000000221. The molecular formula is C22H32N2O4. The van der Waals surface area contributed by atoms with Gasteiger partial charge in [-0.05, 0) is 52.8 Å². The van der Waals surface area contributed by atoms with Crippen molar-refractivity contribution in [2.24, 2.45) is 0 Å². The SMILES string of the molecule is CC(C)(O)CN1CCCC1.Cc1cccc(=O)n1CC(=O)O.c1ccccc1. The average Bonchev–Trinajstić information content (AvgIpc) is 3.12. The summed E-state index contributed by atoms with van der Waals surface area (Å²) in [4.78, 5) is 23.7. The summed E-state index contributed by atoms with van der Waals surface area (Å²) >= 11 is 0. The maximum absolute atomic E-state index is 11.1. The lowest BCUT2D eigenvalue weighted by molar-refractivity contribution is -0.137. The van der Waals surface area contributed by atoms with Crippen LogP contribution in [0, 0.1) is 6.92 Å². The van der Waals surface area contributed by atoms with Crippen molar-refractivity contribution in [2.45, 2.75) is 45.8 Å². The second kappa shape index (κ2) is 12.1. The van der Waals surface area contributed by atoms with Crippen LogP contribution in [0.3, 0.4) is 0 Å². The van der Waals surface area contributed by atoms with E-state index in [4.69, 9.17) is 5.11 Å². The van der Waals surface area contributed by atoms with Crippen LogP contribution >= 0.6 is 0 Å². The molecule has 0 radical (unpaired) electrons. The van der Waals surface area contributed by atoms with Gasteiger partial charge in [-0.25, -0.2) is 0 Å². The number of carbonyl (C=O) groups is 1. The summed E-state index contributed by atoms with van der Waals surface area (Å²) < 4.78 is 1.21. The first-order chi connectivity index (χ1) is 13.2. The third-order valence-electron chi connectivity index (χ3n) is 4.04. The summed E-state index contributed by atoms with van der Waals surface area (Å²) in [6.45, 7) is 8.33. The fourth-order valence-corrected chi connectivity index (χ4v) is 2.83. The summed E-state index contributed by atoms with van der Waals surface area (Å²) in [5, 5.41) is 17.9. The molecule has 1 aliphatic heterocycles. The van der Waals surface area contributed by atoms with Gasteiger partial charge in [0.1, 0.15) is 6.54 Å². The first-order valence-corrected chi connectivity index (χ1v) is 9.52. The van der Waals surface area contributed by atoms with Crippen molar-refractivity contribution in [1.82, 2.24) is 9.47 Å². The number of aryl methyl sites for hydroxylation is 1. The summed E-state index contributed by atoms with van der Waals surface area (Å²) in [5.41, 5.74) is -0.132. The molecular weight excluding hydrogens is 356 g/mol. The minimum absolute atomic E-state index is 0.272. The Morgan fingerprint density at radius 2 is 1.50 bits per heavy atom. The third-order valence-corrected chi connectivity index (χ3v) is 4.04. The lowest BCUT2D eigenvalue weighted by atomic mass is 10.1. The van der Waals surface area contributed by atoms with Crippen LogP contribution in [0.1, 0.15) is 32.4 Å². The van der Waals surface area contributed by atoms with E-state index < -0.39 is 11.6 Å². The van der Waals surface area contributed by atoms with Crippen molar-refractivity contribution < 1.29 is 15.0 Å². The number of aromatic nitrogens is 1. The average molecular weight is 389 g/mol. The Labute approximate surface area is 167 Å². The first kappa shape index (κ1) is 23.6. The van der Waals surface area contributed by atoms with Gasteiger partial charge in [0.25, 0.3) is 5.56 Å². The van der Waals surface area contributed by atoms with Crippen molar-refractivity contribution in [3.63, 3.8) is 0 Å². The number of likely N-dealkylation sites (tertiary alicyclic amines) is 1. The number of carboxylic acids is 1. The molecule has 2 N–H and O–H groups in total. The first-order valence-electron chi connectivity index (χ1n) is 9.52. The topological polar surface area (TPSA) is 82.8 Å². The normalized spacial score (nSPS) is 13.7. The van der Waals surface area contributed by atoms with E-state index in [2.05, 4.69) is 4.90 Å². The van der Waals surface area contributed by atoms with Crippen LogP contribution < -0.4 is 5.56 Å². The number of nitrogens with zero attached hydrogens (tertiary/aromatic N) is 2. The number of β-amino-alcohol motifs (C(OH)–C–C–N with tert-alkyl or cyclic N) is 1. The minimum atomic E-state index is -1.01. The molecule has 154 valence electrons. The number of hydrogen-bond donors (Lipinski definition) is 2. The van der Waals surface area contributed by atoms with Gasteiger partial charge in [-0.1, -0.05) is 42.5 Å². The van der Waals surface area contributed by atoms with Gasteiger partial charge >= 0.3 is 5.97 Å². The van der Waals surface area contributed by atoms with Gasteiger partial charge in [0.05, 0.1) is 5.60 Å². The molecule has 28 heavy (non-hydrogen) atoms. The molecule has 0 aliphatic carbocycles. The van der Waals surface area contributed by atoms with Crippen LogP contribution in [0.2, 0.25) is 0 Å². The molecule has 1 aliphatic rings. The number of aliphatic carboxylic acids is 1. The second-order valence-electron chi connectivity index (χ2n) is 7.44. The summed E-state index contributed by atoms with van der Waals surface area (Å²) in [6, 6.07) is 16.6. The van der Waals surface area contributed by atoms with Crippen LogP contribution in [0.5, 0.6) is 0 Å². The number of aliphatic hydroxyl groups is 1. The van der Waals surface area contributed by atoms with E-state index in [1.54, 1.807) is 19.1 Å². The second-order valence-corrected chi connectivity index (χ2v) is 7.44. The van der Waals surface area contributed by atoms with Gasteiger partial charge in [-0.2, -0.15) is 0 Å². The molecule has 1 fully saturated rings. The molecule has 2 aromatic rings. The molecule has 1 aromatic heterocycles. The number of carboxylic acid groups (broad SMARTS) is 1. The van der Waals surface area contributed by atoms with E-state index in [0.717, 1.165) is 6.54 Å². The Kier molecular flexibility index (Phi) is 10.2. The van der Waals surface area contributed by atoms with Crippen LogP contribution in [-0.4, -0.2) is 50.9 Å². The van der Waals surface area contributed by atoms with Crippen molar-refractivity contribution in [2.75, 3.05) is 19.6 Å². The highest BCUT2D eigenvalue weighted by atomic mass is 16.4. The molecule has 0 spiro atoms. The molecule has 3 rings (SSSR count). The highest BCUT2D eigenvalue weighted by Gasteiger charge is 2.20. The smallest absolute Gasteiger partial charge is 0.323 e. The fraction of sp³-hybridized carbons (Fsp3) is 0.455. The molecule has 0 unspecified atom stereocenters. The molecule has 0 bridgehead atoms. The van der Waals surface area contributed by atoms with Crippen molar-refractivity contribution in [3.8, 4) is 0 Å². The number of benzene rings is 1. The molecule has 6 nitrogen and oxygen atoms in total. The summed E-state index contributed by atoms with van der Waals surface area (Å²) in [5.74, 6) is -1.01. The van der Waals surface area contributed by atoms with Crippen LogP contribution in [0.25, 0.3) is 0 Å². The molecule has 0 atom stereocenters. The molecule has 1 saturated heterocycles. The van der Waals surface area contributed by atoms with Gasteiger partial charge in [0, 0.05) is 18.3 Å². The molecule has 0 amide bonds. The Morgan fingerprint density at radius 3 is 1.89 bits per heavy atom. The van der Waals surface area contributed by atoms with Gasteiger partial charge in [0.2, 0.25) is 0 Å². The maximum Gasteiger partial charge on any atom is 0.323 e. The molecule has 6 heteroatoms. The maximum atomic E-state index is 11.1. The number of rotatable bonds is 4. The largest absolute Gasteiger partial charge is 0.480 e. The van der Waals surface area contributed by atoms with Crippen molar-refractivity contribution in [3.05, 3.63) is 70.6 Å². The third kappa shape index (κ3) is 10.6. The van der Waals surface area contributed by atoms with Crippen molar-refractivity contribution in [1.29, 1.82) is 0 Å². The predicted molar refractivity (Wildman–Crippen MR) is 111 cm³/mol. The fourth-order valence-electron chi connectivity index (χ4n) is 2.83. The Bertz CT molecular complexity index is 718. The molecule has 0 saturated carbocycles. The Morgan fingerprint density at radius 1 is 1.00 bits per heavy atom. The number of hydrogen-bond acceptors (Lipinski definition) is 4. The van der Waals surface area contributed by atoms with E-state index in [9.17, 15) is 14.7 Å². The highest BCUT2D eigenvalue weighted by molar-refractivity contribution is 5.66. The van der Waals surface area contributed by atoms with Crippen LogP contribution in [0.4, 0.5) is 0 Å². The minimum Gasteiger partial charge on any atom is -0.480 e. The zero-order chi connectivity index (χ0) is 21.0. The van der Waals surface area contributed by atoms with E-state index >= 15 is 0 Å². The predicted octanol–water partition coefficient (Wildman–Crippen LogP) is 2.78. The van der Waals surface area contributed by atoms with E-state index in [-0.39, 0.29) is 12.1 Å². The quantitative estimate of drug-likeness (QED) is 0.842. The van der Waals surface area contributed by atoms with Gasteiger partial charge in [-0.3, -0.25) is 9.59 Å². The highest BCUT2D eigenvalue weighted by Crippen LogP contribution is 2.11.